The highest BCUT2D eigenvalue weighted by Crippen LogP contribution is 2.33. The van der Waals surface area contributed by atoms with E-state index in [0.717, 1.165) is 11.4 Å². The predicted octanol–water partition coefficient (Wildman–Crippen LogP) is 2.67. The highest BCUT2D eigenvalue weighted by molar-refractivity contribution is 9.11. The molecule has 1 heterocycles. The number of nitrogens with one attached hydrogen (secondary N) is 1. The fourth-order valence-electron chi connectivity index (χ4n) is 1.81. The molecule has 0 unspecified atom stereocenters. The van der Waals surface area contributed by atoms with Crippen molar-refractivity contribution < 1.29 is 13.2 Å². The summed E-state index contributed by atoms with van der Waals surface area (Å²) in [6, 6.07) is 1.75. The van der Waals surface area contributed by atoms with Gasteiger partial charge in [-0.15, -0.1) is 11.3 Å². The van der Waals surface area contributed by atoms with Gasteiger partial charge in [-0.25, -0.2) is 8.42 Å². The zero-order valence-electron chi connectivity index (χ0n) is 12.7. The van der Waals surface area contributed by atoms with E-state index in [1.807, 2.05) is 20.8 Å². The van der Waals surface area contributed by atoms with Crippen LogP contribution in [0.2, 0.25) is 0 Å². The Bertz CT molecular complexity index is 532. The second kappa shape index (κ2) is 9.22. The topological polar surface area (TPSA) is 58.6 Å². The van der Waals surface area contributed by atoms with Crippen LogP contribution < -0.4 is 5.32 Å². The molecule has 8 heteroatoms. The molecule has 0 atom stereocenters. The molecule has 122 valence electrons. The number of ether oxygens (including phenoxy) is 1. The van der Waals surface area contributed by atoms with Crippen molar-refractivity contribution in [1.29, 1.82) is 0 Å². The molecule has 21 heavy (non-hydrogen) atoms. The Hall–Kier alpha value is 0.01000. The summed E-state index contributed by atoms with van der Waals surface area (Å²) in [5.74, 6) is 0. The van der Waals surface area contributed by atoms with E-state index in [-0.39, 0.29) is 0 Å². The Balaban J connectivity index is 2.91. The van der Waals surface area contributed by atoms with Crippen LogP contribution in [0.3, 0.4) is 0 Å². The molecule has 0 aliphatic rings. The molecule has 0 spiro atoms. The molecule has 5 nitrogen and oxygen atoms in total. The van der Waals surface area contributed by atoms with E-state index in [1.54, 1.807) is 6.07 Å². The maximum Gasteiger partial charge on any atom is 0.245 e. The SMILES string of the molecule is CCNCc1cc(S(=O)(=O)N(CC)CCOCC)c(Br)s1. The molecule has 0 aliphatic carbocycles. The molecule has 0 fully saturated rings. The second-order valence-corrected chi connectivity index (χ2v) is 8.69. The number of nitrogens with zero attached hydrogens (tertiary/aromatic N) is 1. The van der Waals surface area contributed by atoms with Gasteiger partial charge in [-0.2, -0.15) is 4.31 Å². The normalized spacial score (nSPS) is 12.2. The lowest BCUT2D eigenvalue weighted by Gasteiger charge is -2.19. The first-order valence-corrected chi connectivity index (χ1v) is 10.1. The van der Waals surface area contributed by atoms with Gasteiger partial charge in [-0.1, -0.05) is 13.8 Å². The Labute approximate surface area is 139 Å². The molecular formula is C13H23BrN2O3S2. The van der Waals surface area contributed by atoms with Gasteiger partial charge in [0.1, 0.15) is 4.90 Å². The van der Waals surface area contributed by atoms with Crippen molar-refractivity contribution >= 4 is 37.3 Å². The third kappa shape index (κ3) is 5.30. The van der Waals surface area contributed by atoms with Crippen LogP contribution >= 0.6 is 27.3 Å². The molecule has 1 aromatic heterocycles. The quantitative estimate of drug-likeness (QED) is 0.615. The Morgan fingerprint density at radius 3 is 2.67 bits per heavy atom. The van der Waals surface area contributed by atoms with Crippen molar-refractivity contribution in [3.63, 3.8) is 0 Å². The average molecular weight is 399 g/mol. The van der Waals surface area contributed by atoms with Gasteiger partial charge in [0.15, 0.2) is 0 Å². The van der Waals surface area contributed by atoms with Crippen LogP contribution in [0.15, 0.2) is 14.7 Å². The molecule has 0 radical (unpaired) electrons. The van der Waals surface area contributed by atoms with E-state index in [4.69, 9.17) is 4.74 Å². The number of sulfonamides is 1. The summed E-state index contributed by atoms with van der Waals surface area (Å²) in [6.07, 6.45) is 0. The number of rotatable bonds is 10. The van der Waals surface area contributed by atoms with Crippen molar-refractivity contribution in [2.45, 2.75) is 32.2 Å². The first kappa shape index (κ1) is 19.1. The van der Waals surface area contributed by atoms with Gasteiger partial charge in [-0.05, 0) is 35.5 Å². The smallest absolute Gasteiger partial charge is 0.245 e. The maximum atomic E-state index is 12.7. The van der Waals surface area contributed by atoms with E-state index in [0.29, 0.717) is 41.5 Å². The number of likely N-dealkylation sites (N-methyl/N-ethyl adjacent to an activating group) is 1. The van der Waals surface area contributed by atoms with Gasteiger partial charge < -0.3 is 10.1 Å². The predicted molar refractivity (Wildman–Crippen MR) is 90.3 cm³/mol. The van der Waals surface area contributed by atoms with Crippen LogP contribution in [0.4, 0.5) is 0 Å². The fourth-order valence-corrected chi connectivity index (χ4v) is 5.84. The van der Waals surface area contributed by atoms with Crippen LogP contribution in [0, 0.1) is 0 Å². The van der Waals surface area contributed by atoms with Crippen LogP contribution in [-0.4, -0.2) is 45.6 Å². The molecule has 0 aliphatic heterocycles. The molecule has 0 saturated carbocycles. The fraction of sp³-hybridized carbons (Fsp3) is 0.692. The number of hydrogen-bond acceptors (Lipinski definition) is 5. The third-order valence-corrected chi connectivity index (χ3v) is 7.14. The van der Waals surface area contributed by atoms with E-state index >= 15 is 0 Å². The first-order chi connectivity index (χ1) is 9.97. The van der Waals surface area contributed by atoms with Crippen molar-refractivity contribution in [3.8, 4) is 0 Å². The second-order valence-electron chi connectivity index (χ2n) is 4.32. The molecule has 1 rings (SSSR count). The summed E-state index contributed by atoms with van der Waals surface area (Å²) >= 11 is 4.83. The number of thiophene rings is 1. The monoisotopic (exact) mass is 398 g/mol. The molecule has 0 aromatic carbocycles. The molecule has 0 amide bonds. The first-order valence-electron chi connectivity index (χ1n) is 7.04. The summed E-state index contributed by atoms with van der Waals surface area (Å²) in [4.78, 5) is 1.35. The lowest BCUT2D eigenvalue weighted by molar-refractivity contribution is 0.135. The van der Waals surface area contributed by atoms with Crippen LogP contribution in [0.25, 0.3) is 0 Å². The molecule has 0 saturated heterocycles. The molecular weight excluding hydrogens is 376 g/mol. The largest absolute Gasteiger partial charge is 0.380 e. The van der Waals surface area contributed by atoms with E-state index < -0.39 is 10.0 Å². The Morgan fingerprint density at radius 2 is 2.10 bits per heavy atom. The lowest BCUT2D eigenvalue weighted by atomic mass is 10.4. The summed E-state index contributed by atoms with van der Waals surface area (Å²) in [5.41, 5.74) is 0. The summed E-state index contributed by atoms with van der Waals surface area (Å²) in [7, 11) is -3.48. The van der Waals surface area contributed by atoms with Crippen LogP contribution in [-0.2, 0) is 21.3 Å². The maximum absolute atomic E-state index is 12.7. The van der Waals surface area contributed by atoms with Gasteiger partial charge >= 0.3 is 0 Å². The van der Waals surface area contributed by atoms with Gasteiger partial charge in [0.2, 0.25) is 10.0 Å². The average Bonchev–Trinajstić information content (AvgIpc) is 2.83. The summed E-state index contributed by atoms with van der Waals surface area (Å²) in [5, 5.41) is 3.20. The Kier molecular flexibility index (Phi) is 8.36. The van der Waals surface area contributed by atoms with Crippen LogP contribution in [0.5, 0.6) is 0 Å². The number of halogens is 1. The van der Waals surface area contributed by atoms with Crippen LogP contribution in [0.1, 0.15) is 25.6 Å². The standard InChI is InChI=1S/C13H23BrN2O3S2/c1-4-15-10-11-9-12(13(14)20-11)21(17,18)16(5-2)7-8-19-6-3/h9,15H,4-8,10H2,1-3H3. The van der Waals surface area contributed by atoms with E-state index in [1.165, 1.54) is 15.6 Å². The Morgan fingerprint density at radius 1 is 1.38 bits per heavy atom. The molecule has 0 bridgehead atoms. The highest BCUT2D eigenvalue weighted by Gasteiger charge is 2.27. The van der Waals surface area contributed by atoms with E-state index in [2.05, 4.69) is 21.2 Å². The minimum atomic E-state index is -3.48. The third-order valence-electron chi connectivity index (χ3n) is 2.92. The summed E-state index contributed by atoms with van der Waals surface area (Å²) in [6.45, 7) is 9.09. The van der Waals surface area contributed by atoms with Crippen molar-refractivity contribution in [2.75, 3.05) is 32.8 Å². The van der Waals surface area contributed by atoms with Gasteiger partial charge in [-0.3, -0.25) is 0 Å². The lowest BCUT2D eigenvalue weighted by Crippen LogP contribution is -2.33. The highest BCUT2D eigenvalue weighted by atomic mass is 79.9. The van der Waals surface area contributed by atoms with E-state index in [9.17, 15) is 8.42 Å². The minimum Gasteiger partial charge on any atom is -0.380 e. The van der Waals surface area contributed by atoms with Gasteiger partial charge in [0.25, 0.3) is 0 Å². The number of hydrogen-bond donors (Lipinski definition) is 1. The summed E-state index contributed by atoms with van der Waals surface area (Å²) < 4.78 is 32.8. The molecule has 1 N–H and O–H groups in total. The van der Waals surface area contributed by atoms with Gasteiger partial charge in [0.05, 0.1) is 10.4 Å². The van der Waals surface area contributed by atoms with Crippen molar-refractivity contribution in [3.05, 3.63) is 14.7 Å². The zero-order valence-corrected chi connectivity index (χ0v) is 15.9. The van der Waals surface area contributed by atoms with Crippen molar-refractivity contribution in [2.24, 2.45) is 0 Å². The minimum absolute atomic E-state index is 0.346. The zero-order chi connectivity index (χ0) is 15.9. The van der Waals surface area contributed by atoms with Gasteiger partial charge in [0, 0.05) is 31.1 Å². The van der Waals surface area contributed by atoms with Crippen molar-refractivity contribution in [1.82, 2.24) is 9.62 Å². The molecule has 1 aromatic rings.